The van der Waals surface area contributed by atoms with Crippen LogP contribution in [0.5, 0.6) is 10.8 Å². The Morgan fingerprint density at radius 2 is 2.08 bits per heavy atom. The maximum atomic E-state index is 9.34. The summed E-state index contributed by atoms with van der Waals surface area (Å²) in [6, 6.07) is 6.57. The number of aromatic hydroxyl groups is 2. The van der Waals surface area contributed by atoms with Crippen LogP contribution in [0.15, 0.2) is 18.2 Å². The largest absolute Gasteiger partial charge is 0.508 e. The van der Waals surface area contributed by atoms with Crippen LogP contribution in [0.2, 0.25) is 0 Å². The van der Waals surface area contributed by atoms with E-state index in [1.54, 1.807) is 6.07 Å². The van der Waals surface area contributed by atoms with Crippen LogP contribution in [0.3, 0.4) is 0 Å². The van der Waals surface area contributed by atoms with Crippen molar-refractivity contribution in [2.75, 3.05) is 0 Å². The predicted octanol–water partition coefficient (Wildman–Crippen LogP) is 2.18. The summed E-state index contributed by atoms with van der Waals surface area (Å²) in [7, 11) is 0. The van der Waals surface area contributed by atoms with E-state index in [-0.39, 0.29) is 16.4 Å². The zero-order valence-electron chi connectivity index (χ0n) is 6.48. The van der Waals surface area contributed by atoms with Gasteiger partial charge in [0.05, 0.1) is 0 Å². The van der Waals surface area contributed by atoms with Crippen molar-refractivity contribution in [3.8, 4) is 16.9 Å². The number of benzene rings is 1. The van der Waals surface area contributed by atoms with Gasteiger partial charge in [0.15, 0.2) is 5.06 Å². The van der Waals surface area contributed by atoms with Crippen LogP contribution < -0.4 is 0 Å². The van der Waals surface area contributed by atoms with Gasteiger partial charge in [-0.05, 0) is 18.2 Å². The maximum Gasteiger partial charge on any atom is 0.190 e. The Labute approximate surface area is 78.1 Å². The molecule has 0 saturated heterocycles. The number of thiophene rings is 1. The molecule has 0 aliphatic rings. The van der Waals surface area contributed by atoms with E-state index < -0.39 is 0 Å². The van der Waals surface area contributed by atoms with Crippen molar-refractivity contribution in [3.05, 3.63) is 23.8 Å². The lowest BCUT2D eigenvalue weighted by atomic mass is 10.2. The molecule has 0 saturated carbocycles. The summed E-state index contributed by atoms with van der Waals surface area (Å²) in [6.45, 7) is 0. The lowest BCUT2D eigenvalue weighted by molar-refractivity contribution is 0.476. The van der Waals surface area contributed by atoms with Crippen LogP contribution in [-0.2, 0) is 0 Å². The minimum atomic E-state index is 0.00287. The van der Waals surface area contributed by atoms with Gasteiger partial charge in [-0.3, -0.25) is 0 Å². The monoisotopic (exact) mass is 191 g/mol. The fraction of sp³-hybridized carbons (Fsp3) is 0. The first-order valence-corrected chi connectivity index (χ1v) is 4.38. The number of rotatable bonds is 0. The van der Waals surface area contributed by atoms with Gasteiger partial charge in [0.1, 0.15) is 17.4 Å². The van der Waals surface area contributed by atoms with Gasteiger partial charge >= 0.3 is 0 Å². The van der Waals surface area contributed by atoms with Gasteiger partial charge in [-0.15, -0.1) is 0 Å². The molecule has 3 nitrogen and oxygen atoms in total. The minimum Gasteiger partial charge on any atom is -0.508 e. The van der Waals surface area contributed by atoms with Crippen molar-refractivity contribution in [2.45, 2.75) is 0 Å². The van der Waals surface area contributed by atoms with E-state index in [0.717, 1.165) is 16.0 Å². The molecule has 0 amide bonds. The quantitative estimate of drug-likeness (QED) is 0.670. The zero-order valence-corrected chi connectivity index (χ0v) is 7.30. The highest BCUT2D eigenvalue weighted by molar-refractivity contribution is 7.21. The minimum absolute atomic E-state index is 0.00287. The molecular weight excluding hydrogens is 186 g/mol. The van der Waals surface area contributed by atoms with E-state index in [2.05, 4.69) is 0 Å². The molecule has 0 fully saturated rings. The molecule has 0 unspecified atom stereocenters. The SMILES string of the molecule is N#Cc1c(O)sc2ccc(O)cc12. The molecule has 0 spiro atoms. The van der Waals surface area contributed by atoms with Crippen molar-refractivity contribution in [2.24, 2.45) is 0 Å². The number of phenols is 1. The second-order valence-electron chi connectivity index (χ2n) is 2.57. The molecule has 64 valence electrons. The van der Waals surface area contributed by atoms with Gasteiger partial charge in [-0.1, -0.05) is 11.3 Å². The van der Waals surface area contributed by atoms with Gasteiger partial charge in [0.25, 0.3) is 0 Å². The predicted molar refractivity (Wildman–Crippen MR) is 49.9 cm³/mol. The molecule has 0 aliphatic carbocycles. The van der Waals surface area contributed by atoms with Gasteiger partial charge < -0.3 is 10.2 Å². The van der Waals surface area contributed by atoms with Crippen molar-refractivity contribution >= 4 is 21.4 Å². The van der Waals surface area contributed by atoms with Crippen molar-refractivity contribution < 1.29 is 10.2 Å². The van der Waals surface area contributed by atoms with Gasteiger partial charge in [-0.2, -0.15) is 5.26 Å². The number of fused-ring (bicyclic) bond motifs is 1. The number of phenolic OH excluding ortho intramolecular Hbond substituents is 1. The first kappa shape index (κ1) is 7.90. The lowest BCUT2D eigenvalue weighted by Gasteiger charge is -1.90. The molecule has 2 aromatic rings. The average Bonchev–Trinajstić information content (AvgIpc) is 2.40. The normalized spacial score (nSPS) is 10.1. The van der Waals surface area contributed by atoms with Crippen molar-refractivity contribution in [1.29, 1.82) is 5.26 Å². The zero-order chi connectivity index (χ0) is 9.42. The third kappa shape index (κ3) is 1.10. The van der Waals surface area contributed by atoms with Gasteiger partial charge in [0.2, 0.25) is 0 Å². The Balaban J connectivity index is 2.91. The smallest absolute Gasteiger partial charge is 0.190 e. The standard InChI is InChI=1S/C9H5NO2S/c10-4-7-6-3-5(11)1-2-8(6)13-9(7)12/h1-3,11-12H. The molecule has 0 atom stereocenters. The van der Waals surface area contributed by atoms with Crippen LogP contribution in [-0.4, -0.2) is 10.2 Å². The van der Waals surface area contributed by atoms with Gasteiger partial charge in [0, 0.05) is 10.1 Å². The Bertz CT molecular complexity index is 510. The van der Waals surface area contributed by atoms with Crippen LogP contribution in [0.1, 0.15) is 5.56 Å². The van der Waals surface area contributed by atoms with Crippen LogP contribution in [0.4, 0.5) is 0 Å². The molecule has 13 heavy (non-hydrogen) atoms. The topological polar surface area (TPSA) is 64.2 Å². The molecule has 0 radical (unpaired) electrons. The molecule has 0 bridgehead atoms. The van der Waals surface area contributed by atoms with E-state index in [9.17, 15) is 10.2 Å². The molecule has 2 N–H and O–H groups in total. The molecule has 4 heteroatoms. The van der Waals surface area contributed by atoms with Crippen molar-refractivity contribution in [1.82, 2.24) is 0 Å². The summed E-state index contributed by atoms with van der Waals surface area (Å²) in [4.78, 5) is 0. The Hall–Kier alpha value is -1.73. The second kappa shape index (κ2) is 2.64. The summed E-state index contributed by atoms with van der Waals surface area (Å²) in [5, 5.41) is 27.8. The Morgan fingerprint density at radius 3 is 2.77 bits per heavy atom. The molecule has 1 aromatic carbocycles. The summed E-state index contributed by atoms with van der Waals surface area (Å²) in [5.74, 6) is 0.0989. The second-order valence-corrected chi connectivity index (χ2v) is 3.61. The molecule has 0 aliphatic heterocycles. The highest BCUT2D eigenvalue weighted by Crippen LogP contribution is 2.37. The van der Waals surface area contributed by atoms with Crippen molar-refractivity contribution in [3.63, 3.8) is 0 Å². The first-order chi connectivity index (χ1) is 6.22. The lowest BCUT2D eigenvalue weighted by Crippen LogP contribution is -1.70. The Kier molecular flexibility index (Phi) is 1.61. The highest BCUT2D eigenvalue weighted by atomic mass is 32.1. The van der Waals surface area contributed by atoms with Gasteiger partial charge in [-0.25, -0.2) is 0 Å². The summed E-state index contributed by atoms with van der Waals surface area (Å²) >= 11 is 1.13. The fourth-order valence-corrected chi connectivity index (χ4v) is 2.05. The van der Waals surface area contributed by atoms with E-state index in [1.807, 2.05) is 6.07 Å². The number of hydrogen-bond donors (Lipinski definition) is 2. The molecule has 2 rings (SSSR count). The van der Waals surface area contributed by atoms with E-state index >= 15 is 0 Å². The van der Waals surface area contributed by atoms with Crippen LogP contribution >= 0.6 is 11.3 Å². The van der Waals surface area contributed by atoms with Crippen LogP contribution in [0.25, 0.3) is 10.1 Å². The highest BCUT2D eigenvalue weighted by Gasteiger charge is 2.10. The molecular formula is C9H5NO2S. The van der Waals surface area contributed by atoms with E-state index in [4.69, 9.17) is 5.26 Å². The maximum absolute atomic E-state index is 9.34. The first-order valence-electron chi connectivity index (χ1n) is 3.57. The summed E-state index contributed by atoms with van der Waals surface area (Å²) < 4.78 is 0.798. The molecule has 1 aromatic heterocycles. The number of hydrogen-bond acceptors (Lipinski definition) is 4. The van der Waals surface area contributed by atoms with Crippen LogP contribution in [0, 0.1) is 11.3 Å². The van der Waals surface area contributed by atoms with E-state index in [0.29, 0.717) is 5.39 Å². The number of nitriles is 1. The number of nitrogens with zero attached hydrogens (tertiary/aromatic N) is 1. The Morgan fingerprint density at radius 1 is 1.31 bits per heavy atom. The third-order valence-corrected chi connectivity index (χ3v) is 2.74. The average molecular weight is 191 g/mol. The summed E-state index contributed by atoms with van der Waals surface area (Å²) in [5.41, 5.74) is 0.232. The fourth-order valence-electron chi connectivity index (χ4n) is 1.18. The summed E-state index contributed by atoms with van der Waals surface area (Å²) in [6.07, 6.45) is 0. The van der Waals surface area contributed by atoms with E-state index in [1.165, 1.54) is 12.1 Å². The third-order valence-electron chi connectivity index (χ3n) is 1.76. The molecule has 1 heterocycles.